The van der Waals surface area contributed by atoms with Crippen LogP contribution in [0, 0.1) is 0 Å². The first-order chi connectivity index (χ1) is 28.8. The summed E-state index contributed by atoms with van der Waals surface area (Å²) in [7, 11) is 0. The molecule has 0 amide bonds. The van der Waals surface area contributed by atoms with Crippen molar-refractivity contribution < 1.29 is 0 Å². The lowest BCUT2D eigenvalue weighted by atomic mass is 10.0. The fourth-order valence-corrected chi connectivity index (χ4v) is 7.93. The van der Waals surface area contributed by atoms with Crippen molar-refractivity contribution in [3.63, 3.8) is 0 Å². The minimum Gasteiger partial charge on any atom is -0.338 e. The van der Waals surface area contributed by atoms with Crippen LogP contribution in [0.3, 0.4) is 0 Å². The fraction of sp³-hybridized carbons (Fsp3) is 0. The predicted octanol–water partition coefficient (Wildman–Crippen LogP) is 10.0. The Morgan fingerprint density at radius 3 is 1.00 bits per heavy atom. The molecule has 276 valence electrons. The van der Waals surface area contributed by atoms with Gasteiger partial charge in [0.1, 0.15) is 34.7 Å². The summed E-state index contributed by atoms with van der Waals surface area (Å²) >= 11 is 0. The lowest BCUT2D eigenvalue weighted by molar-refractivity contribution is 0.989. The topological polar surface area (TPSA) is 66.2 Å². The second-order valence-electron chi connectivity index (χ2n) is 14.2. The molecule has 0 atom stereocenters. The van der Waals surface area contributed by atoms with Crippen molar-refractivity contribution in [2.75, 3.05) is 9.80 Å². The number of anilines is 2. The third-order valence-electron chi connectivity index (χ3n) is 10.7. The van der Waals surface area contributed by atoms with Crippen LogP contribution in [0.25, 0.3) is 33.9 Å². The number of fused-ring (bicyclic) bond motifs is 10. The molecule has 0 radical (unpaired) electrons. The number of nitrogens with one attached hydrogen (secondary N) is 2. The summed E-state index contributed by atoms with van der Waals surface area (Å²) in [4.78, 5) is 15.6. The summed E-state index contributed by atoms with van der Waals surface area (Å²) < 4.78 is 4.40. The standard InChI is InChI=1S/C50H36N8/c1-7-19-35(20-8-1)45-47-51-41(31-55(47)37-23-11-3-12-24-37)43-33-57(39-27-15-5-16-28-39)49(53-43)46(36-21-9-2-10-22-36)50-54-44(34-58(50)40-29-17-6-18-30-40)42-32-56(48(45)52-42)38-25-13-4-14-26-38/h1-34,51,54H. The molecule has 0 saturated heterocycles. The van der Waals surface area contributed by atoms with Crippen LogP contribution in [-0.2, 0) is 0 Å². The molecule has 8 nitrogen and oxygen atoms in total. The van der Waals surface area contributed by atoms with E-state index in [0.717, 1.165) is 91.1 Å². The normalized spacial score (nSPS) is 14.5. The van der Waals surface area contributed by atoms with E-state index in [9.17, 15) is 0 Å². The molecule has 11 rings (SSSR count). The number of para-hydroxylation sites is 4. The van der Waals surface area contributed by atoms with Gasteiger partial charge in [-0.3, -0.25) is 9.13 Å². The lowest BCUT2D eigenvalue weighted by Crippen LogP contribution is -2.22. The van der Waals surface area contributed by atoms with E-state index < -0.39 is 0 Å². The maximum Gasteiger partial charge on any atom is 0.149 e. The van der Waals surface area contributed by atoms with Gasteiger partial charge >= 0.3 is 0 Å². The summed E-state index contributed by atoms with van der Waals surface area (Å²) in [6.07, 6.45) is 8.59. The highest BCUT2D eigenvalue weighted by atomic mass is 15.3. The van der Waals surface area contributed by atoms with E-state index in [-0.39, 0.29) is 0 Å². The van der Waals surface area contributed by atoms with Crippen LogP contribution >= 0.6 is 0 Å². The van der Waals surface area contributed by atoms with Gasteiger partial charge in [-0.15, -0.1) is 0 Å². The minimum absolute atomic E-state index is 0.785. The van der Waals surface area contributed by atoms with Crippen LogP contribution in [0.5, 0.6) is 0 Å². The van der Waals surface area contributed by atoms with Crippen LogP contribution in [-0.4, -0.2) is 19.1 Å². The molecule has 8 aromatic rings. The van der Waals surface area contributed by atoms with Crippen LogP contribution in [0.2, 0.25) is 0 Å². The molecule has 0 spiro atoms. The Hall–Kier alpha value is -8.10. The molecule has 6 aromatic carbocycles. The number of hydrogen-bond acceptors (Lipinski definition) is 6. The molecule has 5 heterocycles. The summed E-state index contributed by atoms with van der Waals surface area (Å²) in [5.74, 6) is 3.31. The smallest absolute Gasteiger partial charge is 0.149 e. The minimum atomic E-state index is 0.785. The number of rotatable bonds is 6. The van der Waals surface area contributed by atoms with Crippen molar-refractivity contribution in [2.45, 2.75) is 0 Å². The van der Waals surface area contributed by atoms with E-state index in [1.54, 1.807) is 0 Å². The summed E-state index contributed by atoms with van der Waals surface area (Å²) in [6.45, 7) is 0. The monoisotopic (exact) mass is 748 g/mol. The molecule has 3 aliphatic heterocycles. The molecule has 0 fully saturated rings. The molecule has 0 saturated carbocycles. The Morgan fingerprint density at radius 1 is 0.345 bits per heavy atom. The first kappa shape index (κ1) is 33.3. The number of hydrogen-bond donors (Lipinski definition) is 2. The molecule has 3 aliphatic rings. The lowest BCUT2D eigenvalue weighted by Gasteiger charge is -2.23. The van der Waals surface area contributed by atoms with Gasteiger partial charge in [-0.05, 0) is 59.7 Å². The van der Waals surface area contributed by atoms with E-state index in [1.165, 1.54) is 0 Å². The average Bonchev–Trinajstić information content (AvgIpc) is 4.12. The van der Waals surface area contributed by atoms with Crippen LogP contribution < -0.4 is 20.4 Å². The van der Waals surface area contributed by atoms with Crippen LogP contribution in [0.15, 0.2) is 218 Å². The summed E-state index contributed by atoms with van der Waals surface area (Å²) in [6, 6.07) is 62.8. The van der Waals surface area contributed by atoms with E-state index in [0.29, 0.717) is 0 Å². The van der Waals surface area contributed by atoms with Crippen molar-refractivity contribution in [1.29, 1.82) is 0 Å². The molecule has 8 heteroatoms. The fourth-order valence-electron chi connectivity index (χ4n) is 7.93. The van der Waals surface area contributed by atoms with E-state index in [1.807, 2.05) is 24.3 Å². The molecule has 2 aromatic heterocycles. The van der Waals surface area contributed by atoms with Gasteiger partial charge in [0.25, 0.3) is 0 Å². The molecule has 58 heavy (non-hydrogen) atoms. The number of aromatic nitrogens is 4. The second kappa shape index (κ2) is 13.9. The van der Waals surface area contributed by atoms with Gasteiger partial charge in [0.05, 0.1) is 22.5 Å². The highest BCUT2D eigenvalue weighted by Crippen LogP contribution is 2.41. The molecule has 2 N–H and O–H groups in total. The highest BCUT2D eigenvalue weighted by molar-refractivity contribution is 5.92. The number of nitrogens with zero attached hydrogens (tertiary/aromatic N) is 6. The molecule has 0 unspecified atom stereocenters. The maximum atomic E-state index is 5.58. The zero-order chi connectivity index (χ0) is 38.4. The van der Waals surface area contributed by atoms with Gasteiger partial charge in [-0.1, -0.05) is 133 Å². The van der Waals surface area contributed by atoms with Crippen molar-refractivity contribution in [3.8, 4) is 11.4 Å². The highest BCUT2D eigenvalue weighted by Gasteiger charge is 2.34. The van der Waals surface area contributed by atoms with E-state index >= 15 is 0 Å². The van der Waals surface area contributed by atoms with Crippen LogP contribution in [0.4, 0.5) is 11.4 Å². The van der Waals surface area contributed by atoms with Gasteiger partial charge in [0.2, 0.25) is 0 Å². The van der Waals surface area contributed by atoms with Crippen molar-refractivity contribution in [3.05, 3.63) is 253 Å². The first-order valence-corrected chi connectivity index (χ1v) is 19.3. The molecular weight excluding hydrogens is 713 g/mol. The SMILES string of the molecule is C1=C2NC(=C(c3ccccc3)c3nc(cn3-c3ccccc3)C3=CN(c4ccccc4)C(=C(c4ccccc4)c4nc2cn4-c2ccccc2)N3)N1c1ccccc1. The number of imidazole rings is 2. The Balaban J connectivity index is 1.27. The Morgan fingerprint density at radius 2 is 0.655 bits per heavy atom. The Labute approximate surface area is 336 Å². The van der Waals surface area contributed by atoms with Crippen molar-refractivity contribution in [1.82, 2.24) is 29.7 Å². The largest absolute Gasteiger partial charge is 0.338 e. The predicted molar refractivity (Wildman–Crippen MR) is 232 cm³/mol. The molecule has 8 bridgehead atoms. The molecular formula is C50H36N8. The third-order valence-corrected chi connectivity index (χ3v) is 10.7. The zero-order valence-electron chi connectivity index (χ0n) is 31.3. The van der Waals surface area contributed by atoms with Gasteiger partial charge in [0.15, 0.2) is 0 Å². The van der Waals surface area contributed by atoms with Crippen LogP contribution in [0.1, 0.15) is 34.2 Å². The molecule has 0 aliphatic carbocycles. The van der Waals surface area contributed by atoms with Gasteiger partial charge in [0, 0.05) is 47.5 Å². The van der Waals surface area contributed by atoms with Crippen molar-refractivity contribution >= 4 is 33.9 Å². The third kappa shape index (κ3) is 5.70. The quantitative estimate of drug-likeness (QED) is 0.177. The van der Waals surface area contributed by atoms with Gasteiger partial charge in [-0.25, -0.2) is 9.97 Å². The maximum absolute atomic E-state index is 5.58. The zero-order valence-corrected chi connectivity index (χ0v) is 31.3. The summed E-state index contributed by atoms with van der Waals surface area (Å²) in [5, 5.41) is 7.80. The Bertz CT molecular complexity index is 2710. The second-order valence-corrected chi connectivity index (χ2v) is 14.2. The van der Waals surface area contributed by atoms with Gasteiger partial charge in [-0.2, -0.15) is 0 Å². The van der Waals surface area contributed by atoms with Gasteiger partial charge < -0.3 is 20.4 Å². The van der Waals surface area contributed by atoms with E-state index in [2.05, 4.69) is 212 Å². The number of benzene rings is 6. The van der Waals surface area contributed by atoms with Crippen molar-refractivity contribution in [2.24, 2.45) is 0 Å². The van der Waals surface area contributed by atoms with E-state index in [4.69, 9.17) is 9.97 Å². The summed E-state index contributed by atoms with van der Waals surface area (Å²) in [5.41, 5.74) is 11.2. The average molecular weight is 749 g/mol. The first-order valence-electron chi connectivity index (χ1n) is 19.3. The Kier molecular flexibility index (Phi) is 7.96.